The van der Waals surface area contributed by atoms with E-state index in [2.05, 4.69) is 27.9 Å². The number of halogens is 2. The predicted octanol–water partition coefficient (Wildman–Crippen LogP) is 3.57. The molecule has 2 rings (SSSR count). The zero-order valence-electron chi connectivity index (χ0n) is 11.8. The van der Waals surface area contributed by atoms with Crippen LogP contribution in [-0.4, -0.2) is 31.4 Å². The van der Waals surface area contributed by atoms with Gasteiger partial charge in [0, 0.05) is 15.7 Å². The maximum Gasteiger partial charge on any atom is 0.251 e. The molecule has 0 radical (unpaired) electrons. The lowest BCUT2D eigenvalue weighted by Crippen LogP contribution is -2.34. The number of carbonyl (C=O) groups is 1. The number of hydrogen-bond acceptors (Lipinski definition) is 3. The third-order valence-corrected chi connectivity index (χ3v) is 4.67. The van der Waals surface area contributed by atoms with E-state index in [9.17, 15) is 4.79 Å². The van der Waals surface area contributed by atoms with Gasteiger partial charge in [0.1, 0.15) is 5.76 Å². The average molecular weight is 419 g/mol. The Balaban J connectivity index is 2.03. The van der Waals surface area contributed by atoms with Crippen LogP contribution in [0.4, 0.5) is 0 Å². The summed E-state index contributed by atoms with van der Waals surface area (Å²) < 4.78 is 6.28. The molecule has 0 saturated heterocycles. The number of amides is 1. The van der Waals surface area contributed by atoms with Crippen LogP contribution in [0.1, 0.15) is 22.2 Å². The molecule has 1 N–H and O–H groups in total. The number of benzene rings is 1. The van der Waals surface area contributed by atoms with Crippen LogP contribution in [0.25, 0.3) is 0 Å². The lowest BCUT2D eigenvalue weighted by Gasteiger charge is -2.22. The average Bonchev–Trinajstić information content (AvgIpc) is 2.95. The molecule has 6 heteroatoms. The van der Waals surface area contributed by atoms with Gasteiger partial charge in [-0.1, -0.05) is 11.6 Å². The Hall–Kier alpha value is -1.05. The minimum atomic E-state index is -0.122. The lowest BCUT2D eigenvalue weighted by atomic mass is 10.2. The van der Waals surface area contributed by atoms with Crippen molar-refractivity contribution in [3.05, 3.63) is 56.5 Å². The van der Waals surface area contributed by atoms with Crippen molar-refractivity contribution < 1.29 is 9.21 Å². The summed E-state index contributed by atoms with van der Waals surface area (Å²) in [5.74, 6) is 0.703. The zero-order chi connectivity index (χ0) is 15.4. The standard InChI is InChI=1S/C15H16ClIN2O2/c1-19(2)13(14-4-3-7-21-14)9-18-15(20)10-5-6-11(16)12(17)8-10/h3-8,13H,9H2,1-2H3,(H,18,20). The molecule has 0 fully saturated rings. The van der Waals surface area contributed by atoms with Crippen molar-refractivity contribution in [1.82, 2.24) is 10.2 Å². The molecule has 1 heterocycles. The molecule has 0 spiro atoms. The predicted molar refractivity (Wildman–Crippen MR) is 91.6 cm³/mol. The number of hydrogen-bond donors (Lipinski definition) is 1. The Morgan fingerprint density at radius 3 is 2.76 bits per heavy atom. The molecule has 0 bridgehead atoms. The molecule has 1 amide bonds. The highest BCUT2D eigenvalue weighted by molar-refractivity contribution is 14.1. The van der Waals surface area contributed by atoms with Gasteiger partial charge in [-0.05, 0) is 67.0 Å². The van der Waals surface area contributed by atoms with Crippen LogP contribution < -0.4 is 5.32 Å². The van der Waals surface area contributed by atoms with Gasteiger partial charge in [0.25, 0.3) is 5.91 Å². The first-order valence-corrected chi connectivity index (χ1v) is 7.88. The van der Waals surface area contributed by atoms with E-state index in [1.54, 1.807) is 24.5 Å². The Morgan fingerprint density at radius 2 is 2.19 bits per heavy atom. The largest absolute Gasteiger partial charge is 0.468 e. The Labute approximate surface area is 142 Å². The SMILES string of the molecule is CN(C)C(CNC(=O)c1ccc(Cl)c(I)c1)c1ccco1. The molecule has 0 aliphatic carbocycles. The van der Waals surface area contributed by atoms with Gasteiger partial charge in [-0.3, -0.25) is 9.69 Å². The fraction of sp³-hybridized carbons (Fsp3) is 0.267. The third kappa shape index (κ3) is 4.21. The van der Waals surface area contributed by atoms with Gasteiger partial charge in [0.05, 0.1) is 17.3 Å². The van der Waals surface area contributed by atoms with Gasteiger partial charge < -0.3 is 9.73 Å². The van der Waals surface area contributed by atoms with E-state index in [0.717, 1.165) is 9.33 Å². The van der Waals surface area contributed by atoms with Gasteiger partial charge in [-0.2, -0.15) is 0 Å². The van der Waals surface area contributed by atoms with Crippen molar-refractivity contribution in [2.75, 3.05) is 20.6 Å². The van der Waals surface area contributed by atoms with E-state index < -0.39 is 0 Å². The van der Waals surface area contributed by atoms with Crippen LogP contribution in [0.2, 0.25) is 5.02 Å². The maximum absolute atomic E-state index is 12.2. The minimum Gasteiger partial charge on any atom is -0.468 e. The van der Waals surface area contributed by atoms with Crippen LogP contribution in [-0.2, 0) is 0 Å². The molecule has 1 aromatic carbocycles. The monoisotopic (exact) mass is 418 g/mol. The summed E-state index contributed by atoms with van der Waals surface area (Å²) in [6.07, 6.45) is 1.63. The van der Waals surface area contributed by atoms with Crippen LogP contribution in [0.3, 0.4) is 0 Å². The number of likely N-dealkylation sites (N-methyl/N-ethyl adjacent to an activating group) is 1. The van der Waals surface area contributed by atoms with E-state index in [4.69, 9.17) is 16.0 Å². The summed E-state index contributed by atoms with van der Waals surface area (Å²) >= 11 is 8.07. The summed E-state index contributed by atoms with van der Waals surface area (Å²) in [6, 6.07) is 8.97. The minimum absolute atomic E-state index is 0.00433. The number of carbonyl (C=O) groups excluding carboxylic acids is 1. The number of nitrogens with one attached hydrogen (secondary N) is 1. The van der Waals surface area contributed by atoms with E-state index in [1.807, 2.05) is 31.1 Å². The summed E-state index contributed by atoms with van der Waals surface area (Å²) in [4.78, 5) is 14.2. The molecular weight excluding hydrogens is 403 g/mol. The van der Waals surface area contributed by atoms with E-state index in [0.29, 0.717) is 17.1 Å². The summed E-state index contributed by atoms with van der Waals surface area (Å²) in [5.41, 5.74) is 0.598. The first kappa shape index (κ1) is 16.3. The summed E-state index contributed by atoms with van der Waals surface area (Å²) in [7, 11) is 3.90. The van der Waals surface area contributed by atoms with Crippen molar-refractivity contribution >= 4 is 40.1 Å². The highest BCUT2D eigenvalue weighted by Crippen LogP contribution is 2.20. The fourth-order valence-corrected chi connectivity index (χ4v) is 2.58. The van der Waals surface area contributed by atoms with Crippen molar-refractivity contribution in [1.29, 1.82) is 0 Å². The normalized spacial score (nSPS) is 12.4. The molecule has 112 valence electrons. The third-order valence-electron chi connectivity index (χ3n) is 3.13. The first-order valence-electron chi connectivity index (χ1n) is 6.42. The zero-order valence-corrected chi connectivity index (χ0v) is 14.7. The topological polar surface area (TPSA) is 45.5 Å². The number of nitrogens with zero attached hydrogens (tertiary/aromatic N) is 1. The Bertz CT molecular complexity index is 614. The number of furan rings is 1. The van der Waals surface area contributed by atoms with Crippen molar-refractivity contribution in [3.8, 4) is 0 Å². The molecule has 2 aromatic rings. The molecule has 1 aromatic heterocycles. The molecular formula is C15H16ClIN2O2. The molecule has 0 saturated carbocycles. The van der Waals surface area contributed by atoms with Gasteiger partial charge in [0.15, 0.2) is 0 Å². The van der Waals surface area contributed by atoms with Crippen LogP contribution in [0.15, 0.2) is 41.0 Å². The van der Waals surface area contributed by atoms with Gasteiger partial charge in [-0.15, -0.1) is 0 Å². The van der Waals surface area contributed by atoms with Crippen molar-refractivity contribution in [3.63, 3.8) is 0 Å². The summed E-state index contributed by atoms with van der Waals surface area (Å²) in [5, 5.41) is 3.58. The van der Waals surface area contributed by atoms with Gasteiger partial charge >= 0.3 is 0 Å². The molecule has 0 aliphatic heterocycles. The van der Waals surface area contributed by atoms with E-state index in [-0.39, 0.29) is 11.9 Å². The maximum atomic E-state index is 12.2. The highest BCUT2D eigenvalue weighted by atomic mass is 127. The molecule has 21 heavy (non-hydrogen) atoms. The van der Waals surface area contributed by atoms with E-state index >= 15 is 0 Å². The second-order valence-electron chi connectivity index (χ2n) is 4.83. The van der Waals surface area contributed by atoms with E-state index in [1.165, 1.54) is 0 Å². The van der Waals surface area contributed by atoms with Crippen molar-refractivity contribution in [2.45, 2.75) is 6.04 Å². The summed E-state index contributed by atoms with van der Waals surface area (Å²) in [6.45, 7) is 0.471. The molecule has 0 aliphatic rings. The molecule has 1 unspecified atom stereocenters. The second-order valence-corrected chi connectivity index (χ2v) is 6.40. The molecule has 4 nitrogen and oxygen atoms in total. The van der Waals surface area contributed by atoms with Gasteiger partial charge in [0.2, 0.25) is 0 Å². The van der Waals surface area contributed by atoms with Gasteiger partial charge in [-0.25, -0.2) is 0 Å². The second kappa shape index (κ2) is 7.29. The highest BCUT2D eigenvalue weighted by Gasteiger charge is 2.18. The number of rotatable bonds is 5. The first-order chi connectivity index (χ1) is 9.99. The van der Waals surface area contributed by atoms with Crippen LogP contribution in [0, 0.1) is 3.57 Å². The van der Waals surface area contributed by atoms with Crippen LogP contribution in [0.5, 0.6) is 0 Å². The van der Waals surface area contributed by atoms with Crippen LogP contribution >= 0.6 is 34.2 Å². The Kier molecular flexibility index (Phi) is 5.66. The fourth-order valence-electron chi connectivity index (χ4n) is 1.95. The van der Waals surface area contributed by atoms with Crippen molar-refractivity contribution in [2.24, 2.45) is 0 Å². The Morgan fingerprint density at radius 1 is 1.43 bits per heavy atom. The quantitative estimate of drug-likeness (QED) is 0.755. The molecule has 1 atom stereocenters. The lowest BCUT2D eigenvalue weighted by molar-refractivity contribution is 0.0939. The smallest absolute Gasteiger partial charge is 0.251 e.